The molecule has 6 N–H and O–H groups in total. The van der Waals surface area contributed by atoms with Crippen LogP contribution in [0.1, 0.15) is 179 Å². The first-order chi connectivity index (χ1) is 51.3. The van der Waals surface area contributed by atoms with E-state index in [-0.39, 0.29) is 73.8 Å². The summed E-state index contributed by atoms with van der Waals surface area (Å²) in [4.78, 5) is 135. The molecule has 10 aliphatic rings. The molecule has 4 fully saturated rings. The van der Waals surface area contributed by atoms with Crippen molar-refractivity contribution in [1.82, 2.24) is 19.9 Å². The molecule has 17 rings (SSSR count). The highest BCUT2D eigenvalue weighted by molar-refractivity contribution is 6.13. The van der Waals surface area contributed by atoms with Gasteiger partial charge in [-0.05, 0) is 179 Å². The summed E-state index contributed by atoms with van der Waals surface area (Å²) < 4.78 is 23.0. The Morgan fingerprint density at radius 1 is 0.306 bits per heavy atom. The molecule has 0 radical (unpaired) electrons. The van der Waals surface area contributed by atoms with Crippen molar-refractivity contribution in [3.8, 4) is 44.5 Å². The molecule has 20 heteroatoms. The molecule has 0 saturated heterocycles. The van der Waals surface area contributed by atoms with Crippen LogP contribution in [0.25, 0.3) is 90.9 Å². The Hall–Kier alpha value is -10.8. The summed E-state index contributed by atoms with van der Waals surface area (Å²) >= 11 is 0. The molecule has 12 bridgehead atoms. The fourth-order valence-corrected chi connectivity index (χ4v) is 15.1. The number of carbonyl (C=O) groups is 8. The maximum atomic E-state index is 15.1. The second kappa shape index (κ2) is 27.8. The van der Waals surface area contributed by atoms with Crippen molar-refractivity contribution in [2.45, 2.75) is 156 Å². The normalized spacial score (nSPS) is 22.9. The number of aromatic nitrogens is 4. The number of hydrogen-bond donors (Lipinski definition) is 6. The number of aromatic amines is 2. The Morgan fingerprint density at radius 2 is 0.546 bits per heavy atom. The highest BCUT2D eigenvalue weighted by atomic mass is 16.5. The first kappa shape index (κ1) is 72.8. The van der Waals surface area contributed by atoms with Crippen LogP contribution in [-0.4, -0.2) is 93.9 Å². The van der Waals surface area contributed by atoms with E-state index in [1.165, 1.54) is 0 Å². The van der Waals surface area contributed by atoms with Crippen molar-refractivity contribution in [3.63, 3.8) is 0 Å². The Kier molecular flexibility index (Phi) is 18.7. The lowest BCUT2D eigenvalue weighted by atomic mass is 9.78. The predicted molar refractivity (Wildman–Crippen MR) is 419 cm³/mol. The number of hydrogen-bond acceptors (Lipinski definition) is 14. The van der Waals surface area contributed by atoms with Gasteiger partial charge >= 0.3 is 23.9 Å². The molecule has 20 nitrogen and oxygen atoms in total. The number of H-pyrrole nitrogens is 2. The van der Waals surface area contributed by atoms with Gasteiger partial charge in [0.2, 0.25) is 23.6 Å². The third-order valence-corrected chi connectivity index (χ3v) is 22.1. The van der Waals surface area contributed by atoms with Crippen molar-refractivity contribution in [2.24, 2.45) is 47.3 Å². The maximum Gasteiger partial charge on any atom is 0.309 e. The smallest absolute Gasteiger partial charge is 0.309 e. The molecule has 0 unspecified atom stereocenters. The largest absolute Gasteiger partial charge is 0.465 e. The van der Waals surface area contributed by atoms with Gasteiger partial charge in [-0.1, -0.05) is 132 Å². The van der Waals surface area contributed by atoms with Crippen LogP contribution in [0.3, 0.4) is 0 Å². The van der Waals surface area contributed by atoms with E-state index >= 15 is 19.2 Å². The van der Waals surface area contributed by atoms with E-state index in [2.05, 4.69) is 151 Å². The summed E-state index contributed by atoms with van der Waals surface area (Å²) in [5.41, 5.74) is 13.1. The summed E-state index contributed by atoms with van der Waals surface area (Å²) in [7, 11) is 0. The molecule has 4 amide bonds. The van der Waals surface area contributed by atoms with Crippen LogP contribution in [-0.2, 0) is 79.0 Å². The van der Waals surface area contributed by atoms with Gasteiger partial charge in [-0.3, -0.25) is 38.4 Å². The van der Waals surface area contributed by atoms with Crippen molar-refractivity contribution in [2.75, 3.05) is 47.7 Å². The van der Waals surface area contributed by atoms with Gasteiger partial charge in [0.1, 0.15) is 0 Å². The van der Waals surface area contributed by atoms with Crippen LogP contribution in [0.15, 0.2) is 97.1 Å². The summed E-state index contributed by atoms with van der Waals surface area (Å²) in [5, 5.41) is 12.9. The molecule has 108 heavy (non-hydrogen) atoms. The van der Waals surface area contributed by atoms with Gasteiger partial charge in [-0.15, -0.1) is 0 Å². The zero-order chi connectivity index (χ0) is 76.2. The standard InChI is InChI=1S/C88H94N8O12/c1-85(2,3)47-35-45(36-48(39-47)86(4,5)6)71-63-23-27-67(89-63)75-69-29-25-65(91-69)72(46-37-49(87(7,8)9)40-50(38-46)88(10,11)12)66-26-30-70(92-66)76(68-28-24-64(71)90-68)74-60-20-18-22-62(74)96-80(100)54-44-58(54)84(104)108-34-16-15-33-107-83(103)57-43-53(57)79(99)95-61-21-17-19-59(73(61)75)93-77(97)51-41-55(51)81(101)105-31-13-14-32-106-82(102)56-42-52(56)78(98)94-60/h17-30,35-40,51-58,89,92H,13-16,31-34,41-44H2,1-12H3,(H,93,97)(H,94,98)(H,95,99)(H,96,100)/t51-,52-,53-,54+,55-,56+,57+,58-/m0/s1. The lowest BCUT2D eigenvalue weighted by molar-refractivity contribution is -0.148. The SMILES string of the molecule is CC(C)(C)c1cc(-c2c3nc(c4c5ccc([nH]5)c(-c5cc(C(C)(C)C)cc(C(C)(C)C)c5)c5nc(c(c6ccc2[nH]6)-c2c6cccc2NC(=O)[C@H]2C[C@H]2C(=O)OCCCCOC(=O)[C@H]2C[C@H]2C(=O)Nc2cccc(c2-4)NC(=O)[C@H]2C[C@H]2C(=O)OCCCCOC(=O)[C@H]2C[C@@H]2C(=O)N6)C=C5)C=C3)cc(C(C)(C)C)c1. The molecule has 4 aromatic carbocycles. The van der Waals surface area contributed by atoms with E-state index < -0.39 is 94.8 Å². The van der Waals surface area contributed by atoms with Crippen LogP contribution in [0.2, 0.25) is 0 Å². The molecular weight excluding hydrogens is 1360 g/mol. The van der Waals surface area contributed by atoms with Crippen LogP contribution in [0, 0.1) is 47.3 Å². The second-order valence-electron chi connectivity index (χ2n) is 34.4. The number of nitrogens with zero attached hydrogens (tertiary/aromatic N) is 2. The van der Waals surface area contributed by atoms with Gasteiger partial charge in [0.25, 0.3) is 0 Å². The molecule has 4 saturated carbocycles. The molecule has 558 valence electrons. The summed E-state index contributed by atoms with van der Waals surface area (Å²) in [6, 6.07) is 31.7. The van der Waals surface area contributed by atoms with Crippen LogP contribution in [0.5, 0.6) is 0 Å². The zero-order valence-electron chi connectivity index (χ0n) is 63.4. The lowest BCUT2D eigenvalue weighted by Crippen LogP contribution is -2.21. The Bertz CT molecular complexity index is 4680. The topological polar surface area (TPSA) is 279 Å². The number of amides is 4. The third-order valence-electron chi connectivity index (χ3n) is 22.1. The van der Waals surface area contributed by atoms with E-state index in [0.29, 0.717) is 127 Å². The first-order valence-electron chi connectivity index (χ1n) is 38.0. The van der Waals surface area contributed by atoms with Crippen LogP contribution >= 0.6 is 0 Å². The van der Waals surface area contributed by atoms with E-state index in [1.54, 1.807) is 36.4 Å². The quantitative estimate of drug-likeness (QED) is 0.0694. The fourth-order valence-electron chi connectivity index (χ4n) is 15.1. The second-order valence-corrected chi connectivity index (χ2v) is 34.4. The van der Waals surface area contributed by atoms with Crippen LogP contribution in [0.4, 0.5) is 22.7 Å². The number of anilines is 4. The molecule has 3 aromatic heterocycles. The van der Waals surface area contributed by atoms with Gasteiger partial charge in [0, 0.05) is 55.4 Å². The average molecular weight is 1460 g/mol. The molecule has 8 atom stereocenters. The zero-order valence-corrected chi connectivity index (χ0v) is 63.4. The number of carbonyl (C=O) groups excluding carboxylic acids is 8. The number of fused-ring (bicyclic) bond motifs is 18. The fraction of sp³-hybridized carbons (Fsp3) is 0.409. The summed E-state index contributed by atoms with van der Waals surface area (Å²) in [6.45, 7) is 26.2. The van der Waals surface area contributed by atoms with Gasteiger partial charge < -0.3 is 50.2 Å². The highest BCUT2D eigenvalue weighted by Gasteiger charge is 2.53. The van der Waals surface area contributed by atoms with Gasteiger partial charge in [-0.25, -0.2) is 9.97 Å². The van der Waals surface area contributed by atoms with E-state index in [1.807, 2.05) is 48.6 Å². The lowest BCUT2D eigenvalue weighted by Gasteiger charge is -2.26. The number of rotatable bonds is 2. The van der Waals surface area contributed by atoms with Crippen LogP contribution < -0.4 is 21.3 Å². The van der Waals surface area contributed by atoms with E-state index in [4.69, 9.17) is 28.9 Å². The minimum absolute atomic E-state index is 0.0177. The monoisotopic (exact) mass is 1450 g/mol. The number of benzene rings is 4. The summed E-state index contributed by atoms with van der Waals surface area (Å²) in [5.74, 6) is -10.00. The van der Waals surface area contributed by atoms with Gasteiger partial charge in [-0.2, -0.15) is 0 Å². The van der Waals surface area contributed by atoms with Gasteiger partial charge in [0.15, 0.2) is 0 Å². The number of nitrogens with one attached hydrogen (secondary N) is 6. The minimum atomic E-state index is -0.770. The van der Waals surface area contributed by atoms with Crippen molar-refractivity contribution in [1.29, 1.82) is 0 Å². The molecule has 4 aliphatic carbocycles. The molecular formula is C88H94N8O12. The first-order valence-corrected chi connectivity index (χ1v) is 38.0. The number of ether oxygens (including phenoxy) is 4. The molecule has 7 aromatic rings. The molecule has 9 heterocycles. The van der Waals surface area contributed by atoms with Crippen molar-refractivity contribution in [3.05, 3.63) is 142 Å². The summed E-state index contributed by atoms with van der Waals surface area (Å²) in [6.07, 6.45) is 10.1. The number of esters is 4. The Morgan fingerprint density at radius 3 is 0.796 bits per heavy atom. The van der Waals surface area contributed by atoms with E-state index in [9.17, 15) is 19.2 Å². The molecule has 0 spiro atoms. The maximum absolute atomic E-state index is 15.1. The highest BCUT2D eigenvalue weighted by Crippen LogP contribution is 2.51. The van der Waals surface area contributed by atoms with Crippen molar-refractivity contribution >= 4 is 117 Å². The van der Waals surface area contributed by atoms with Gasteiger partial charge in [0.05, 0.1) is 119 Å². The van der Waals surface area contributed by atoms with Crippen molar-refractivity contribution < 1.29 is 57.3 Å². The van der Waals surface area contributed by atoms with E-state index in [0.717, 1.165) is 33.4 Å². The Balaban J connectivity index is 1.09. The average Bonchev–Trinajstić information content (AvgIpc) is 1.57. The predicted octanol–water partition coefficient (Wildman–Crippen LogP) is 16.6. The molecule has 6 aliphatic heterocycles. The third kappa shape index (κ3) is 14.8. The Labute approximate surface area is 628 Å². The minimum Gasteiger partial charge on any atom is -0.465 e.